The maximum Gasteiger partial charge on any atom is 0.317 e. The number of urea groups is 1. The topological polar surface area (TPSA) is 55.8 Å². The minimum atomic E-state index is 0.0792. The molecule has 1 aromatic heterocycles. The number of nitrogens with one attached hydrogen (secondary N) is 1. The normalized spacial score (nSPS) is 21.6. The van der Waals surface area contributed by atoms with Gasteiger partial charge in [-0.25, -0.2) is 4.79 Å². The van der Waals surface area contributed by atoms with Gasteiger partial charge in [-0.05, 0) is 73.5 Å². The van der Waals surface area contributed by atoms with Gasteiger partial charge in [-0.3, -0.25) is 0 Å². The summed E-state index contributed by atoms with van der Waals surface area (Å²) in [7, 11) is 0. The first-order valence-electron chi connectivity index (χ1n) is 9.15. The summed E-state index contributed by atoms with van der Waals surface area (Å²) in [5.74, 6) is 0.435. The van der Waals surface area contributed by atoms with Gasteiger partial charge in [0.15, 0.2) is 0 Å². The van der Waals surface area contributed by atoms with E-state index in [9.17, 15) is 9.90 Å². The summed E-state index contributed by atoms with van der Waals surface area (Å²) in [4.78, 5) is 16.9. The SMILES string of the molecule is O=C(NCCCN1CCCC(CO)C1)N(Cc1ccsc1)C1CC1. The van der Waals surface area contributed by atoms with Gasteiger partial charge < -0.3 is 20.2 Å². The van der Waals surface area contributed by atoms with Gasteiger partial charge in [-0.1, -0.05) is 0 Å². The Balaban J connectivity index is 1.36. The number of likely N-dealkylation sites (tertiary alicyclic amines) is 1. The zero-order valence-electron chi connectivity index (χ0n) is 14.3. The van der Waals surface area contributed by atoms with Gasteiger partial charge in [0.2, 0.25) is 0 Å². The standard InChI is InChI=1S/C18H29N3O2S/c22-13-15-3-1-8-20(11-15)9-2-7-19-18(23)21(17-4-5-17)12-16-6-10-24-14-16/h6,10,14-15,17,22H,1-5,7-9,11-13H2,(H,19,23). The molecule has 1 aliphatic heterocycles. The minimum absolute atomic E-state index is 0.0792. The summed E-state index contributed by atoms with van der Waals surface area (Å²) in [6, 6.07) is 2.61. The molecule has 5 nitrogen and oxygen atoms in total. The molecule has 24 heavy (non-hydrogen) atoms. The van der Waals surface area contributed by atoms with Crippen molar-refractivity contribution < 1.29 is 9.90 Å². The van der Waals surface area contributed by atoms with Crippen molar-refractivity contribution in [3.05, 3.63) is 22.4 Å². The van der Waals surface area contributed by atoms with Crippen LogP contribution >= 0.6 is 11.3 Å². The van der Waals surface area contributed by atoms with Crippen LogP contribution in [0.5, 0.6) is 0 Å². The number of aliphatic hydroxyl groups is 1. The molecule has 0 aromatic carbocycles. The van der Waals surface area contributed by atoms with Crippen LogP contribution in [0.25, 0.3) is 0 Å². The van der Waals surface area contributed by atoms with Crippen molar-refractivity contribution in [2.75, 3.05) is 32.8 Å². The van der Waals surface area contributed by atoms with Crippen molar-refractivity contribution in [1.82, 2.24) is 15.1 Å². The molecule has 1 saturated heterocycles. The first-order chi connectivity index (χ1) is 11.8. The molecule has 1 saturated carbocycles. The van der Waals surface area contributed by atoms with Gasteiger partial charge in [-0.15, -0.1) is 0 Å². The highest BCUT2D eigenvalue weighted by Crippen LogP contribution is 2.28. The monoisotopic (exact) mass is 351 g/mol. The van der Waals surface area contributed by atoms with Crippen LogP contribution in [0.15, 0.2) is 16.8 Å². The van der Waals surface area contributed by atoms with Gasteiger partial charge in [0.05, 0.1) is 0 Å². The summed E-state index contributed by atoms with van der Waals surface area (Å²) < 4.78 is 0. The average Bonchev–Trinajstić information content (AvgIpc) is 3.32. The van der Waals surface area contributed by atoms with Crippen molar-refractivity contribution in [2.45, 2.75) is 44.7 Å². The Labute approximate surface area is 148 Å². The third-order valence-electron chi connectivity index (χ3n) is 4.97. The smallest absolute Gasteiger partial charge is 0.317 e. The molecule has 1 unspecified atom stereocenters. The van der Waals surface area contributed by atoms with E-state index in [-0.39, 0.29) is 6.03 Å². The lowest BCUT2D eigenvalue weighted by Gasteiger charge is -2.31. The Morgan fingerprint density at radius 1 is 1.42 bits per heavy atom. The number of nitrogens with zero attached hydrogens (tertiary/aromatic N) is 2. The number of thiophene rings is 1. The fraction of sp³-hybridized carbons (Fsp3) is 0.722. The predicted octanol–water partition coefficient (Wildman–Crippen LogP) is 2.52. The molecule has 134 valence electrons. The largest absolute Gasteiger partial charge is 0.396 e. The van der Waals surface area contributed by atoms with Crippen molar-refractivity contribution in [1.29, 1.82) is 0 Å². The van der Waals surface area contributed by atoms with Gasteiger partial charge in [0.25, 0.3) is 0 Å². The molecular weight excluding hydrogens is 322 g/mol. The molecule has 1 aliphatic carbocycles. The first-order valence-corrected chi connectivity index (χ1v) is 10.1. The third kappa shape index (κ3) is 5.19. The molecular formula is C18H29N3O2S. The Morgan fingerprint density at radius 2 is 2.29 bits per heavy atom. The summed E-state index contributed by atoms with van der Waals surface area (Å²) in [5, 5.41) is 16.6. The molecule has 2 N–H and O–H groups in total. The Hall–Kier alpha value is -1.11. The van der Waals surface area contributed by atoms with Crippen LogP contribution in [0, 0.1) is 5.92 Å². The number of piperidine rings is 1. The fourth-order valence-electron chi connectivity index (χ4n) is 3.44. The fourth-order valence-corrected chi connectivity index (χ4v) is 4.10. The van der Waals surface area contributed by atoms with Crippen molar-refractivity contribution in [2.24, 2.45) is 5.92 Å². The molecule has 0 radical (unpaired) electrons. The molecule has 1 atom stereocenters. The van der Waals surface area contributed by atoms with Crippen LogP contribution in [-0.2, 0) is 6.54 Å². The number of hydrogen-bond donors (Lipinski definition) is 2. The molecule has 2 aliphatic rings. The van der Waals surface area contributed by atoms with Crippen molar-refractivity contribution in [3.63, 3.8) is 0 Å². The van der Waals surface area contributed by atoms with E-state index in [1.54, 1.807) is 11.3 Å². The molecule has 1 aromatic rings. The quantitative estimate of drug-likeness (QED) is 0.708. The summed E-state index contributed by atoms with van der Waals surface area (Å²) in [6.07, 6.45) is 5.55. The average molecular weight is 352 g/mol. The molecule has 0 bridgehead atoms. The summed E-state index contributed by atoms with van der Waals surface area (Å²) >= 11 is 1.68. The molecule has 0 spiro atoms. The molecule has 2 fully saturated rings. The predicted molar refractivity (Wildman–Crippen MR) is 97.1 cm³/mol. The number of carbonyl (C=O) groups excluding carboxylic acids is 1. The molecule has 2 amide bonds. The molecule has 6 heteroatoms. The first kappa shape index (κ1) is 17.7. The highest BCUT2D eigenvalue weighted by molar-refractivity contribution is 7.07. The van der Waals surface area contributed by atoms with Gasteiger partial charge in [0.1, 0.15) is 0 Å². The highest BCUT2D eigenvalue weighted by Gasteiger charge is 2.32. The van der Waals surface area contributed by atoms with Gasteiger partial charge in [-0.2, -0.15) is 11.3 Å². The van der Waals surface area contributed by atoms with E-state index in [0.29, 0.717) is 18.6 Å². The second kappa shape index (κ2) is 8.83. The van der Waals surface area contributed by atoms with E-state index in [4.69, 9.17) is 0 Å². The number of rotatable bonds is 8. The summed E-state index contributed by atoms with van der Waals surface area (Å²) in [6.45, 7) is 4.88. The van der Waals surface area contributed by atoms with E-state index < -0.39 is 0 Å². The maximum absolute atomic E-state index is 12.5. The number of carbonyl (C=O) groups is 1. The number of aliphatic hydroxyl groups excluding tert-OH is 1. The van der Waals surface area contributed by atoms with Crippen molar-refractivity contribution in [3.8, 4) is 0 Å². The lowest BCUT2D eigenvalue weighted by atomic mass is 9.99. The van der Waals surface area contributed by atoms with Crippen LogP contribution in [0.4, 0.5) is 4.79 Å². The summed E-state index contributed by atoms with van der Waals surface area (Å²) in [5.41, 5.74) is 1.23. The van der Waals surface area contributed by atoms with Crippen LogP contribution in [-0.4, -0.2) is 59.8 Å². The van der Waals surface area contributed by atoms with Crippen LogP contribution in [0.1, 0.15) is 37.7 Å². The van der Waals surface area contributed by atoms with Crippen molar-refractivity contribution >= 4 is 17.4 Å². The lowest BCUT2D eigenvalue weighted by Crippen LogP contribution is -2.42. The Kier molecular flexibility index (Phi) is 6.51. The van der Waals surface area contributed by atoms with Gasteiger partial charge in [0, 0.05) is 32.3 Å². The molecule has 3 rings (SSSR count). The van der Waals surface area contributed by atoms with Crippen LogP contribution in [0.3, 0.4) is 0 Å². The lowest BCUT2D eigenvalue weighted by molar-refractivity contribution is 0.119. The number of hydrogen-bond acceptors (Lipinski definition) is 4. The minimum Gasteiger partial charge on any atom is -0.396 e. The zero-order chi connectivity index (χ0) is 16.8. The van der Waals surface area contributed by atoms with E-state index >= 15 is 0 Å². The Bertz CT molecular complexity index is 504. The maximum atomic E-state index is 12.5. The van der Waals surface area contributed by atoms with E-state index in [2.05, 4.69) is 27.0 Å². The third-order valence-corrected chi connectivity index (χ3v) is 5.70. The second-order valence-corrected chi connectivity index (χ2v) is 7.85. The molecule has 2 heterocycles. The number of amides is 2. The van der Waals surface area contributed by atoms with Crippen LogP contribution < -0.4 is 5.32 Å². The van der Waals surface area contributed by atoms with E-state index in [0.717, 1.165) is 58.4 Å². The second-order valence-electron chi connectivity index (χ2n) is 7.07. The van der Waals surface area contributed by atoms with Crippen LogP contribution in [0.2, 0.25) is 0 Å². The van der Waals surface area contributed by atoms with Gasteiger partial charge >= 0.3 is 6.03 Å². The Morgan fingerprint density at radius 3 is 3.00 bits per heavy atom. The van der Waals surface area contributed by atoms with E-state index in [1.165, 1.54) is 12.0 Å². The zero-order valence-corrected chi connectivity index (χ0v) is 15.1. The van der Waals surface area contributed by atoms with E-state index in [1.807, 2.05) is 4.90 Å². The highest BCUT2D eigenvalue weighted by atomic mass is 32.1.